The third-order valence-electron chi connectivity index (χ3n) is 4.30. The van der Waals surface area contributed by atoms with Gasteiger partial charge in [0.2, 0.25) is 0 Å². The first-order valence-electron chi connectivity index (χ1n) is 8.25. The number of carbonyl (C=O) groups excluding carboxylic acids is 1. The Kier molecular flexibility index (Phi) is 5.02. The number of allylic oxidation sites excluding steroid dienone is 1. The number of methoxy groups -OCH3 is 2. The fourth-order valence-electron chi connectivity index (χ4n) is 3.01. The van der Waals surface area contributed by atoms with Gasteiger partial charge in [-0.3, -0.25) is 14.7 Å². The van der Waals surface area contributed by atoms with E-state index in [0.717, 1.165) is 16.7 Å². The van der Waals surface area contributed by atoms with Crippen molar-refractivity contribution in [2.75, 3.05) is 21.3 Å². The SMILES string of the molecule is C/C=C\C(=NC)N1Cc2cc(-c3cnc(OC)c(OC)c3)ccc2C1=O. The van der Waals surface area contributed by atoms with Crippen LogP contribution in [0.4, 0.5) is 0 Å². The number of carbonyl (C=O) groups is 1. The number of pyridine rings is 1. The smallest absolute Gasteiger partial charge is 0.260 e. The third kappa shape index (κ3) is 3.06. The summed E-state index contributed by atoms with van der Waals surface area (Å²) in [4.78, 5) is 22.8. The lowest BCUT2D eigenvalue weighted by atomic mass is 10.0. The maximum Gasteiger partial charge on any atom is 0.260 e. The first-order valence-corrected chi connectivity index (χ1v) is 8.25. The monoisotopic (exact) mass is 351 g/mol. The average Bonchev–Trinajstić information content (AvgIpc) is 3.01. The van der Waals surface area contributed by atoms with Crippen LogP contribution in [0.1, 0.15) is 22.8 Å². The number of ether oxygens (including phenoxy) is 2. The fourth-order valence-corrected chi connectivity index (χ4v) is 3.01. The molecule has 0 bridgehead atoms. The van der Waals surface area contributed by atoms with E-state index in [-0.39, 0.29) is 5.91 Å². The number of aromatic nitrogens is 1. The van der Waals surface area contributed by atoms with E-state index in [1.54, 1.807) is 32.4 Å². The van der Waals surface area contributed by atoms with Crippen molar-refractivity contribution in [3.8, 4) is 22.8 Å². The molecule has 0 spiro atoms. The molecule has 1 aromatic carbocycles. The molecule has 26 heavy (non-hydrogen) atoms. The van der Waals surface area contributed by atoms with Gasteiger partial charge >= 0.3 is 0 Å². The van der Waals surface area contributed by atoms with E-state index in [0.29, 0.717) is 29.6 Å². The highest BCUT2D eigenvalue weighted by Crippen LogP contribution is 2.32. The number of rotatable bonds is 4. The molecular weight excluding hydrogens is 330 g/mol. The Bertz CT molecular complexity index is 903. The van der Waals surface area contributed by atoms with Gasteiger partial charge < -0.3 is 9.47 Å². The summed E-state index contributed by atoms with van der Waals surface area (Å²) in [5.74, 6) is 1.63. The van der Waals surface area contributed by atoms with Crippen LogP contribution < -0.4 is 9.47 Å². The number of amides is 1. The summed E-state index contributed by atoms with van der Waals surface area (Å²) in [7, 11) is 4.82. The lowest BCUT2D eigenvalue weighted by Crippen LogP contribution is -2.29. The largest absolute Gasteiger partial charge is 0.491 e. The van der Waals surface area contributed by atoms with Crippen LogP contribution >= 0.6 is 0 Å². The molecule has 0 unspecified atom stereocenters. The van der Waals surface area contributed by atoms with Gasteiger partial charge in [-0.1, -0.05) is 12.1 Å². The summed E-state index contributed by atoms with van der Waals surface area (Å²) in [6.07, 6.45) is 5.44. The van der Waals surface area contributed by atoms with Crippen LogP contribution in [0.5, 0.6) is 11.6 Å². The summed E-state index contributed by atoms with van der Waals surface area (Å²) in [5, 5.41) is 0. The maximum absolute atomic E-state index is 12.7. The Morgan fingerprint density at radius 1 is 1.23 bits per heavy atom. The molecule has 0 saturated carbocycles. The van der Waals surface area contributed by atoms with Crippen molar-refractivity contribution in [1.82, 2.24) is 9.88 Å². The summed E-state index contributed by atoms with van der Waals surface area (Å²) in [6, 6.07) is 7.66. The quantitative estimate of drug-likeness (QED) is 0.626. The predicted octanol–water partition coefficient (Wildman–Crippen LogP) is 3.33. The molecule has 2 heterocycles. The van der Waals surface area contributed by atoms with E-state index in [2.05, 4.69) is 9.98 Å². The van der Waals surface area contributed by atoms with Crippen LogP contribution in [0, 0.1) is 0 Å². The summed E-state index contributed by atoms with van der Waals surface area (Å²) in [5.41, 5.74) is 3.53. The Hall–Kier alpha value is -3.15. The van der Waals surface area contributed by atoms with Gasteiger partial charge in [-0.05, 0) is 42.3 Å². The molecule has 0 fully saturated rings. The molecule has 1 amide bonds. The molecule has 0 N–H and O–H groups in total. The number of amidine groups is 1. The molecule has 3 rings (SSSR count). The van der Waals surface area contributed by atoms with Crippen molar-refractivity contribution >= 4 is 11.7 Å². The molecule has 2 aromatic rings. The van der Waals surface area contributed by atoms with Gasteiger partial charge in [0.25, 0.3) is 11.8 Å². The summed E-state index contributed by atoms with van der Waals surface area (Å²) < 4.78 is 10.5. The molecule has 0 atom stereocenters. The Labute approximate surface area is 152 Å². The van der Waals surface area contributed by atoms with Crippen molar-refractivity contribution in [1.29, 1.82) is 0 Å². The third-order valence-corrected chi connectivity index (χ3v) is 4.30. The Balaban J connectivity index is 1.96. The minimum atomic E-state index is -0.0318. The fraction of sp³-hybridized carbons (Fsp3) is 0.250. The van der Waals surface area contributed by atoms with Crippen molar-refractivity contribution in [2.24, 2.45) is 4.99 Å². The maximum atomic E-state index is 12.7. The van der Waals surface area contributed by atoms with Crippen LogP contribution in [0.2, 0.25) is 0 Å². The lowest BCUT2D eigenvalue weighted by molar-refractivity contribution is 0.0866. The number of nitrogens with zero attached hydrogens (tertiary/aromatic N) is 3. The predicted molar refractivity (Wildman–Crippen MR) is 101 cm³/mol. The van der Waals surface area contributed by atoms with E-state index >= 15 is 0 Å². The van der Waals surface area contributed by atoms with E-state index in [9.17, 15) is 4.79 Å². The molecule has 134 valence electrons. The highest BCUT2D eigenvalue weighted by molar-refractivity contribution is 6.12. The standard InChI is InChI=1S/C20H21N3O3/c1-5-6-18(21-2)23-12-15-9-13(7-8-16(15)20(23)24)14-10-17(25-3)19(26-4)22-11-14/h5-11H,12H2,1-4H3/b6-5-,21-18?. The van der Waals surface area contributed by atoms with Crippen LogP contribution in [0.15, 0.2) is 47.6 Å². The van der Waals surface area contributed by atoms with Gasteiger partial charge in [0, 0.05) is 24.4 Å². The first-order chi connectivity index (χ1) is 12.6. The zero-order valence-electron chi connectivity index (χ0n) is 15.3. The average molecular weight is 351 g/mol. The van der Waals surface area contributed by atoms with Crippen molar-refractivity contribution in [3.05, 3.63) is 53.7 Å². The van der Waals surface area contributed by atoms with Gasteiger partial charge in [0.15, 0.2) is 5.75 Å². The molecule has 6 heteroatoms. The van der Waals surface area contributed by atoms with E-state index in [1.165, 1.54) is 0 Å². The van der Waals surface area contributed by atoms with E-state index in [1.807, 2.05) is 43.3 Å². The first kappa shape index (κ1) is 17.7. The minimum absolute atomic E-state index is 0.0318. The minimum Gasteiger partial charge on any atom is -0.491 e. The highest BCUT2D eigenvalue weighted by Gasteiger charge is 2.29. The van der Waals surface area contributed by atoms with Gasteiger partial charge in [0.05, 0.1) is 20.8 Å². The van der Waals surface area contributed by atoms with Gasteiger partial charge in [-0.15, -0.1) is 0 Å². The molecule has 6 nitrogen and oxygen atoms in total. The van der Waals surface area contributed by atoms with Crippen LogP contribution in [-0.2, 0) is 6.54 Å². The second-order valence-corrected chi connectivity index (χ2v) is 5.78. The molecule has 1 aliphatic rings. The van der Waals surface area contributed by atoms with Crippen molar-refractivity contribution < 1.29 is 14.3 Å². The normalized spacial score (nSPS) is 14.1. The van der Waals surface area contributed by atoms with Crippen LogP contribution in [0.25, 0.3) is 11.1 Å². The number of hydrogen-bond donors (Lipinski definition) is 0. The molecule has 1 aromatic heterocycles. The second-order valence-electron chi connectivity index (χ2n) is 5.78. The van der Waals surface area contributed by atoms with Gasteiger partial charge in [-0.25, -0.2) is 4.98 Å². The number of aliphatic imine (C=N–C) groups is 1. The van der Waals surface area contributed by atoms with Gasteiger partial charge in [0.1, 0.15) is 5.84 Å². The summed E-state index contributed by atoms with van der Waals surface area (Å²) >= 11 is 0. The number of hydrogen-bond acceptors (Lipinski definition) is 5. The molecular formula is C20H21N3O3. The van der Waals surface area contributed by atoms with Crippen molar-refractivity contribution in [3.63, 3.8) is 0 Å². The molecule has 0 saturated heterocycles. The van der Waals surface area contributed by atoms with Crippen LogP contribution in [0.3, 0.4) is 0 Å². The lowest BCUT2D eigenvalue weighted by Gasteiger charge is -2.14. The van der Waals surface area contributed by atoms with E-state index in [4.69, 9.17) is 9.47 Å². The summed E-state index contributed by atoms with van der Waals surface area (Å²) in [6.45, 7) is 2.40. The molecule has 1 aliphatic heterocycles. The zero-order valence-corrected chi connectivity index (χ0v) is 15.3. The Morgan fingerprint density at radius 2 is 2.04 bits per heavy atom. The molecule has 0 aliphatic carbocycles. The van der Waals surface area contributed by atoms with Crippen LogP contribution in [-0.4, -0.2) is 42.9 Å². The Morgan fingerprint density at radius 3 is 2.69 bits per heavy atom. The van der Waals surface area contributed by atoms with E-state index < -0.39 is 0 Å². The van der Waals surface area contributed by atoms with Crippen molar-refractivity contribution in [2.45, 2.75) is 13.5 Å². The zero-order chi connectivity index (χ0) is 18.7. The molecule has 0 radical (unpaired) electrons. The second kappa shape index (κ2) is 7.39. The topological polar surface area (TPSA) is 64.0 Å². The number of benzene rings is 1. The van der Waals surface area contributed by atoms with Gasteiger partial charge in [-0.2, -0.15) is 0 Å². The highest BCUT2D eigenvalue weighted by atomic mass is 16.5. The number of fused-ring (bicyclic) bond motifs is 1.